The molecule has 0 aromatic rings. The van der Waals surface area contributed by atoms with Crippen LogP contribution < -0.4 is 16.4 Å². The van der Waals surface area contributed by atoms with Crippen LogP contribution in [0.15, 0.2) is 0 Å². The summed E-state index contributed by atoms with van der Waals surface area (Å²) in [5.41, 5.74) is 5.95. The van der Waals surface area contributed by atoms with Gasteiger partial charge in [-0.25, -0.2) is 0 Å². The molecule has 20 heavy (non-hydrogen) atoms. The molecule has 0 aliphatic heterocycles. The molecule has 6 nitrogen and oxygen atoms in total. The van der Waals surface area contributed by atoms with E-state index in [9.17, 15) is 9.59 Å². The first-order valence-corrected chi connectivity index (χ1v) is 7.26. The third kappa shape index (κ3) is 5.46. The average molecular weight is 285 g/mol. The number of amides is 2. The summed E-state index contributed by atoms with van der Waals surface area (Å²) in [6, 6.07) is -0.451. The summed E-state index contributed by atoms with van der Waals surface area (Å²) in [5.74, 6) is 0.119. The molecule has 0 saturated heterocycles. The first kappa shape index (κ1) is 16.9. The van der Waals surface area contributed by atoms with Gasteiger partial charge in [0.05, 0.1) is 6.61 Å². The van der Waals surface area contributed by atoms with E-state index in [4.69, 9.17) is 10.5 Å². The molecule has 4 unspecified atom stereocenters. The fourth-order valence-corrected chi connectivity index (χ4v) is 2.70. The van der Waals surface area contributed by atoms with E-state index in [0.717, 1.165) is 12.8 Å². The van der Waals surface area contributed by atoms with Crippen molar-refractivity contribution in [2.75, 3.05) is 20.3 Å². The van der Waals surface area contributed by atoms with Crippen molar-refractivity contribution in [1.29, 1.82) is 0 Å². The van der Waals surface area contributed by atoms with E-state index in [2.05, 4.69) is 17.6 Å². The van der Waals surface area contributed by atoms with Gasteiger partial charge in [0.15, 0.2) is 0 Å². The van der Waals surface area contributed by atoms with Crippen molar-refractivity contribution in [3.63, 3.8) is 0 Å². The molecule has 4 atom stereocenters. The Balaban J connectivity index is 2.38. The van der Waals surface area contributed by atoms with Crippen LogP contribution in [0.3, 0.4) is 0 Å². The van der Waals surface area contributed by atoms with Crippen molar-refractivity contribution in [1.82, 2.24) is 10.6 Å². The zero-order valence-electron chi connectivity index (χ0n) is 12.6. The molecule has 1 saturated carbocycles. The van der Waals surface area contributed by atoms with Gasteiger partial charge in [0, 0.05) is 25.6 Å². The molecule has 0 heterocycles. The summed E-state index contributed by atoms with van der Waals surface area (Å²) < 4.78 is 4.86. The van der Waals surface area contributed by atoms with Gasteiger partial charge in [-0.1, -0.05) is 6.92 Å². The Morgan fingerprint density at radius 2 is 2.05 bits per heavy atom. The van der Waals surface area contributed by atoms with E-state index in [-0.39, 0.29) is 23.8 Å². The Hall–Kier alpha value is -1.14. The molecular formula is C14H27N3O3. The molecule has 4 N–H and O–H groups in total. The van der Waals surface area contributed by atoms with Crippen LogP contribution in [0.4, 0.5) is 0 Å². The standard InChI is InChI=1S/C14H27N3O3/c1-9-6-11(8-12(15)7-9)14(19)17-10(2)13(18)16-4-5-20-3/h9-12H,4-8,15H2,1-3H3,(H,16,18)(H,17,19). The van der Waals surface area contributed by atoms with Crippen molar-refractivity contribution < 1.29 is 14.3 Å². The lowest BCUT2D eigenvalue weighted by Gasteiger charge is -2.31. The number of carbonyl (C=O) groups excluding carboxylic acids is 2. The van der Waals surface area contributed by atoms with Crippen LogP contribution in [-0.4, -0.2) is 44.2 Å². The third-order valence-corrected chi connectivity index (χ3v) is 3.71. The summed E-state index contributed by atoms with van der Waals surface area (Å²) in [7, 11) is 1.57. The van der Waals surface area contributed by atoms with Crippen molar-refractivity contribution in [3.8, 4) is 0 Å². The summed E-state index contributed by atoms with van der Waals surface area (Å²) in [5, 5.41) is 5.48. The average Bonchev–Trinajstić information content (AvgIpc) is 2.37. The van der Waals surface area contributed by atoms with Crippen LogP contribution in [0.5, 0.6) is 0 Å². The Bertz CT molecular complexity index is 326. The van der Waals surface area contributed by atoms with Crippen LogP contribution in [-0.2, 0) is 14.3 Å². The van der Waals surface area contributed by atoms with E-state index >= 15 is 0 Å². The summed E-state index contributed by atoms with van der Waals surface area (Å²) in [4.78, 5) is 23.9. The van der Waals surface area contributed by atoms with Gasteiger partial charge in [-0.05, 0) is 32.1 Å². The lowest BCUT2D eigenvalue weighted by Crippen LogP contribution is -2.49. The third-order valence-electron chi connectivity index (χ3n) is 3.71. The second-order valence-electron chi connectivity index (χ2n) is 5.78. The van der Waals surface area contributed by atoms with Gasteiger partial charge >= 0.3 is 0 Å². The van der Waals surface area contributed by atoms with Gasteiger partial charge in [0.1, 0.15) is 6.04 Å². The highest BCUT2D eigenvalue weighted by Crippen LogP contribution is 2.28. The van der Waals surface area contributed by atoms with Gasteiger partial charge in [-0.15, -0.1) is 0 Å². The molecule has 6 heteroatoms. The maximum atomic E-state index is 12.2. The normalized spacial score (nSPS) is 27.7. The maximum absolute atomic E-state index is 12.2. The molecule has 0 aromatic carbocycles. The number of carbonyl (C=O) groups is 2. The molecule has 1 fully saturated rings. The van der Waals surface area contributed by atoms with Crippen molar-refractivity contribution >= 4 is 11.8 Å². The minimum atomic E-state index is -0.534. The maximum Gasteiger partial charge on any atom is 0.242 e. The van der Waals surface area contributed by atoms with Crippen molar-refractivity contribution in [2.45, 2.75) is 45.2 Å². The topological polar surface area (TPSA) is 93.5 Å². The number of hydrogen-bond donors (Lipinski definition) is 3. The summed E-state index contributed by atoms with van der Waals surface area (Å²) in [6.07, 6.45) is 2.52. The minimum absolute atomic E-state index is 0.0682. The summed E-state index contributed by atoms with van der Waals surface area (Å²) in [6.45, 7) is 4.70. The molecule has 2 amide bonds. The Morgan fingerprint density at radius 3 is 2.65 bits per heavy atom. The lowest BCUT2D eigenvalue weighted by atomic mass is 9.79. The monoisotopic (exact) mass is 285 g/mol. The van der Waals surface area contributed by atoms with Gasteiger partial charge in [-0.3, -0.25) is 9.59 Å². The molecule has 116 valence electrons. The van der Waals surface area contributed by atoms with E-state index in [1.54, 1.807) is 14.0 Å². The van der Waals surface area contributed by atoms with E-state index in [1.165, 1.54) is 0 Å². The van der Waals surface area contributed by atoms with Gasteiger partial charge in [0.2, 0.25) is 11.8 Å². The quantitative estimate of drug-likeness (QED) is 0.600. The largest absolute Gasteiger partial charge is 0.383 e. The SMILES string of the molecule is COCCNC(=O)C(C)NC(=O)C1CC(C)CC(N)C1. The van der Waals surface area contributed by atoms with Crippen molar-refractivity contribution in [3.05, 3.63) is 0 Å². The zero-order chi connectivity index (χ0) is 15.1. The fraction of sp³-hybridized carbons (Fsp3) is 0.857. The second-order valence-corrected chi connectivity index (χ2v) is 5.78. The molecule has 1 rings (SSSR count). The first-order chi connectivity index (χ1) is 9.43. The molecule has 1 aliphatic carbocycles. The van der Waals surface area contributed by atoms with E-state index in [0.29, 0.717) is 25.5 Å². The highest BCUT2D eigenvalue weighted by Gasteiger charge is 2.30. The number of methoxy groups -OCH3 is 1. The number of ether oxygens (including phenoxy) is 1. The van der Waals surface area contributed by atoms with Gasteiger partial charge in [-0.2, -0.15) is 0 Å². The Kier molecular flexibility index (Phi) is 6.95. The van der Waals surface area contributed by atoms with Crippen LogP contribution in [0.25, 0.3) is 0 Å². The van der Waals surface area contributed by atoms with Crippen LogP contribution in [0.2, 0.25) is 0 Å². The second kappa shape index (κ2) is 8.21. The lowest BCUT2D eigenvalue weighted by molar-refractivity contribution is -0.131. The first-order valence-electron chi connectivity index (χ1n) is 7.26. The van der Waals surface area contributed by atoms with E-state index in [1.807, 2.05) is 0 Å². The van der Waals surface area contributed by atoms with Crippen molar-refractivity contribution in [2.24, 2.45) is 17.6 Å². The minimum Gasteiger partial charge on any atom is -0.383 e. The van der Waals surface area contributed by atoms with Crippen LogP contribution >= 0.6 is 0 Å². The number of nitrogens with one attached hydrogen (secondary N) is 2. The predicted octanol–water partition coefficient (Wildman–Crippen LogP) is 0.0172. The molecule has 0 bridgehead atoms. The van der Waals surface area contributed by atoms with Gasteiger partial charge < -0.3 is 21.1 Å². The highest BCUT2D eigenvalue weighted by molar-refractivity contribution is 5.88. The Morgan fingerprint density at radius 1 is 1.35 bits per heavy atom. The fourth-order valence-electron chi connectivity index (χ4n) is 2.70. The zero-order valence-corrected chi connectivity index (χ0v) is 12.6. The smallest absolute Gasteiger partial charge is 0.242 e. The molecule has 0 aromatic heterocycles. The van der Waals surface area contributed by atoms with E-state index < -0.39 is 6.04 Å². The van der Waals surface area contributed by atoms with Gasteiger partial charge in [0.25, 0.3) is 0 Å². The van der Waals surface area contributed by atoms with Crippen LogP contribution in [0.1, 0.15) is 33.1 Å². The number of hydrogen-bond acceptors (Lipinski definition) is 4. The Labute approximate surface area is 120 Å². The molecule has 0 spiro atoms. The number of rotatable bonds is 6. The number of nitrogens with two attached hydrogens (primary N) is 1. The molecular weight excluding hydrogens is 258 g/mol. The predicted molar refractivity (Wildman–Crippen MR) is 77.0 cm³/mol. The molecule has 0 radical (unpaired) electrons. The van der Waals surface area contributed by atoms with Crippen LogP contribution in [0, 0.1) is 11.8 Å². The highest BCUT2D eigenvalue weighted by atomic mass is 16.5. The summed E-state index contributed by atoms with van der Waals surface area (Å²) >= 11 is 0. The molecule has 1 aliphatic rings.